The van der Waals surface area contributed by atoms with E-state index < -0.39 is 19.8 Å². The van der Waals surface area contributed by atoms with Crippen molar-refractivity contribution in [2.24, 2.45) is 0 Å². The molecule has 0 aliphatic carbocycles. The Hall–Kier alpha value is -2.41. The molecule has 1 atom stereocenters. The van der Waals surface area contributed by atoms with Crippen molar-refractivity contribution in [3.8, 4) is 11.4 Å². The van der Waals surface area contributed by atoms with Crippen molar-refractivity contribution >= 4 is 30.9 Å². The van der Waals surface area contributed by atoms with Crippen LogP contribution in [0, 0.1) is 0 Å². The molecule has 3 aromatic carbocycles. The van der Waals surface area contributed by atoms with Crippen molar-refractivity contribution in [1.29, 1.82) is 0 Å². The van der Waals surface area contributed by atoms with Crippen LogP contribution in [-0.4, -0.2) is 30.0 Å². The SMILES string of the molecule is CCCCCCCCc1cc(-n2nc3ccccc3n2)c(O)c([C@@](C)(c2ccccc2)I(C)C)c1. The van der Waals surface area contributed by atoms with Crippen LogP contribution in [-0.2, 0) is 9.84 Å². The molecule has 186 valence electrons. The molecule has 0 aliphatic rings. The third-order valence-corrected chi connectivity index (χ3v) is 12.6. The average Bonchev–Trinajstić information content (AvgIpc) is 3.31. The molecule has 0 saturated heterocycles. The van der Waals surface area contributed by atoms with Crippen LogP contribution in [0.25, 0.3) is 16.7 Å². The van der Waals surface area contributed by atoms with Gasteiger partial charge in [0.1, 0.15) is 0 Å². The maximum absolute atomic E-state index is 11.7. The number of hydrogen-bond donors (Lipinski definition) is 1. The van der Waals surface area contributed by atoms with Crippen LogP contribution < -0.4 is 0 Å². The molecule has 35 heavy (non-hydrogen) atoms. The summed E-state index contributed by atoms with van der Waals surface area (Å²) in [6.45, 7) is 4.57. The summed E-state index contributed by atoms with van der Waals surface area (Å²) in [5.41, 5.74) is 5.88. The molecule has 0 unspecified atom stereocenters. The first kappa shape index (κ1) is 25.7. The number of fused-ring (bicyclic) bond motifs is 1. The number of phenolic OH excluding ortho intramolecular Hbond substituents is 1. The number of phenols is 1. The number of aromatic nitrogens is 3. The van der Waals surface area contributed by atoms with Gasteiger partial charge in [0.15, 0.2) is 0 Å². The van der Waals surface area contributed by atoms with E-state index >= 15 is 0 Å². The Bertz CT molecular complexity index is 1220. The van der Waals surface area contributed by atoms with Gasteiger partial charge in [-0.25, -0.2) is 0 Å². The van der Waals surface area contributed by atoms with Gasteiger partial charge in [0.05, 0.1) is 0 Å². The molecule has 4 rings (SSSR count). The van der Waals surface area contributed by atoms with Gasteiger partial charge < -0.3 is 0 Å². The zero-order valence-corrected chi connectivity index (χ0v) is 23.6. The van der Waals surface area contributed by atoms with E-state index in [9.17, 15) is 5.11 Å². The maximum atomic E-state index is 11.7. The molecule has 0 spiro atoms. The van der Waals surface area contributed by atoms with Gasteiger partial charge in [-0.3, -0.25) is 0 Å². The van der Waals surface area contributed by atoms with Gasteiger partial charge >= 0.3 is 218 Å². The Morgan fingerprint density at radius 1 is 0.829 bits per heavy atom. The van der Waals surface area contributed by atoms with Crippen LogP contribution in [0.4, 0.5) is 0 Å². The molecule has 5 heteroatoms. The van der Waals surface area contributed by atoms with Crippen LogP contribution in [0.2, 0.25) is 0 Å². The Labute approximate surface area is 217 Å². The van der Waals surface area contributed by atoms with Crippen LogP contribution in [0.15, 0.2) is 66.7 Å². The Balaban J connectivity index is 1.79. The fourth-order valence-electron chi connectivity index (χ4n) is 4.74. The Kier molecular flexibility index (Phi) is 8.47. The number of halogens is 1. The molecular weight excluding hydrogens is 545 g/mol. The molecular formula is C30H38IN3O. The molecule has 0 saturated carbocycles. The molecule has 0 amide bonds. The molecule has 1 heterocycles. The molecule has 4 nitrogen and oxygen atoms in total. The molecule has 1 aromatic heterocycles. The van der Waals surface area contributed by atoms with E-state index in [0.717, 1.165) is 29.4 Å². The topological polar surface area (TPSA) is 50.9 Å². The van der Waals surface area contributed by atoms with Crippen LogP contribution >= 0.6 is 19.8 Å². The third-order valence-electron chi connectivity index (χ3n) is 7.05. The summed E-state index contributed by atoms with van der Waals surface area (Å²) in [6.07, 6.45) is 8.60. The molecule has 4 aromatic rings. The van der Waals surface area contributed by atoms with E-state index in [1.165, 1.54) is 43.2 Å². The number of hydrogen-bond acceptors (Lipinski definition) is 3. The summed E-state index contributed by atoms with van der Waals surface area (Å²) in [6, 6.07) is 22.9. The minimum atomic E-state index is -1.50. The van der Waals surface area contributed by atoms with Crippen molar-refractivity contribution < 1.29 is 5.11 Å². The number of aromatic hydroxyl groups is 1. The second-order valence-electron chi connectivity index (χ2n) is 9.63. The third kappa shape index (κ3) is 5.55. The van der Waals surface area contributed by atoms with Crippen molar-refractivity contribution in [2.75, 3.05) is 9.86 Å². The average molecular weight is 584 g/mol. The van der Waals surface area contributed by atoms with Crippen LogP contribution in [0.3, 0.4) is 0 Å². The summed E-state index contributed by atoms with van der Waals surface area (Å²) in [5.74, 6) is 0.300. The van der Waals surface area contributed by atoms with Gasteiger partial charge in [-0.05, 0) is 0 Å². The Morgan fingerprint density at radius 2 is 1.43 bits per heavy atom. The van der Waals surface area contributed by atoms with Crippen LogP contribution in [0.5, 0.6) is 5.75 Å². The van der Waals surface area contributed by atoms with Gasteiger partial charge in [-0.1, -0.05) is 0 Å². The fraction of sp³-hybridized carbons (Fsp3) is 0.400. The minimum absolute atomic E-state index is 0.201. The monoisotopic (exact) mass is 583 g/mol. The molecule has 1 N–H and O–H groups in total. The van der Waals surface area contributed by atoms with Gasteiger partial charge in [-0.2, -0.15) is 0 Å². The number of nitrogens with zero attached hydrogens (tertiary/aromatic N) is 3. The molecule has 0 fully saturated rings. The van der Waals surface area contributed by atoms with E-state index in [-0.39, 0.29) is 3.42 Å². The first-order valence-electron chi connectivity index (χ1n) is 12.7. The summed E-state index contributed by atoms with van der Waals surface area (Å²) < 4.78 is -0.201. The quantitative estimate of drug-likeness (QED) is 0.110. The van der Waals surface area contributed by atoms with Crippen molar-refractivity contribution in [1.82, 2.24) is 15.0 Å². The van der Waals surface area contributed by atoms with Gasteiger partial charge in [-0.15, -0.1) is 0 Å². The summed E-state index contributed by atoms with van der Waals surface area (Å²) in [4.78, 5) is 6.40. The van der Waals surface area contributed by atoms with E-state index in [1.54, 1.807) is 4.80 Å². The van der Waals surface area contributed by atoms with E-state index in [1.807, 2.05) is 24.3 Å². The van der Waals surface area contributed by atoms with Gasteiger partial charge in [0.25, 0.3) is 0 Å². The molecule has 0 aliphatic heterocycles. The Morgan fingerprint density at radius 3 is 2.06 bits per heavy atom. The number of benzene rings is 3. The van der Waals surface area contributed by atoms with E-state index in [0.29, 0.717) is 11.4 Å². The predicted molar refractivity (Wildman–Crippen MR) is 156 cm³/mol. The second kappa shape index (κ2) is 11.5. The first-order chi connectivity index (χ1) is 16.9. The normalized spacial score (nSPS) is 13.7. The van der Waals surface area contributed by atoms with E-state index in [4.69, 9.17) is 10.2 Å². The fourth-order valence-corrected chi connectivity index (χ4v) is 7.92. The molecule has 0 bridgehead atoms. The predicted octanol–water partition coefficient (Wildman–Crippen LogP) is 8.06. The number of unbranched alkanes of at least 4 members (excludes halogenated alkanes) is 5. The number of rotatable bonds is 11. The standard InChI is InChI=1S/C30H38IN3O/c1-5-6-7-8-9-11-16-23-21-25(30(2,31(3)4)24-17-12-10-13-18-24)29(35)28(22-23)34-32-26-19-14-15-20-27(26)33-34/h10,12-15,17-22,35H,5-9,11,16H2,1-4H3/t30-/m1/s1. The summed E-state index contributed by atoms with van der Waals surface area (Å²) >= 11 is -1.50. The zero-order valence-electron chi connectivity index (χ0n) is 21.5. The zero-order chi connectivity index (χ0) is 24.8. The van der Waals surface area contributed by atoms with Crippen LogP contribution in [0.1, 0.15) is 69.1 Å². The summed E-state index contributed by atoms with van der Waals surface area (Å²) in [5, 5.41) is 21.2. The van der Waals surface area contributed by atoms with Crippen molar-refractivity contribution in [3.63, 3.8) is 0 Å². The van der Waals surface area contributed by atoms with E-state index in [2.05, 4.69) is 66.2 Å². The number of aryl methyl sites for hydroxylation is 1. The van der Waals surface area contributed by atoms with Gasteiger partial charge in [0, 0.05) is 0 Å². The first-order valence-corrected chi connectivity index (χ1v) is 18.1. The van der Waals surface area contributed by atoms with Crippen molar-refractivity contribution in [3.05, 3.63) is 83.4 Å². The second-order valence-corrected chi connectivity index (χ2v) is 16.1. The summed E-state index contributed by atoms with van der Waals surface area (Å²) in [7, 11) is 0. The number of alkyl halides is 3. The molecule has 0 radical (unpaired) electrons. The van der Waals surface area contributed by atoms with Gasteiger partial charge in [0.2, 0.25) is 0 Å². The van der Waals surface area contributed by atoms with Crippen molar-refractivity contribution in [2.45, 2.75) is 62.2 Å².